The van der Waals surface area contributed by atoms with Gasteiger partial charge in [-0.15, -0.1) is 0 Å². The zero-order valence-electron chi connectivity index (χ0n) is 16.8. The maximum absolute atomic E-state index is 13.4. The molecule has 3 aromatic carbocycles. The molecule has 1 N–H and O–H groups in total. The van der Waals surface area contributed by atoms with Crippen LogP contribution in [0.25, 0.3) is 0 Å². The third-order valence-corrected chi connectivity index (χ3v) is 5.46. The second-order valence-corrected chi connectivity index (χ2v) is 7.33. The summed E-state index contributed by atoms with van der Waals surface area (Å²) in [6, 6.07) is 20.2. The molecule has 3 aromatic rings. The third kappa shape index (κ3) is 3.44. The topological polar surface area (TPSA) is 77.1 Å². The zero-order valence-corrected chi connectivity index (χ0v) is 16.8. The minimum atomic E-state index is -0.403. The van der Waals surface area contributed by atoms with Crippen LogP contribution in [0.15, 0.2) is 66.7 Å². The highest BCUT2D eigenvalue weighted by molar-refractivity contribution is 6.01. The highest BCUT2D eigenvalue weighted by Gasteiger charge is 2.33. The Bertz CT molecular complexity index is 1160. The molecule has 0 spiro atoms. The molecule has 7 nitrogen and oxygen atoms in total. The molecule has 2 aliphatic rings. The van der Waals surface area contributed by atoms with E-state index in [1.807, 2.05) is 54.6 Å². The van der Waals surface area contributed by atoms with Gasteiger partial charge < -0.3 is 24.4 Å². The molecule has 0 saturated heterocycles. The number of ether oxygens (including phenoxy) is 3. The number of hydrogen-bond donors (Lipinski definition) is 1. The van der Waals surface area contributed by atoms with Gasteiger partial charge in [0.2, 0.25) is 6.79 Å². The molecule has 0 aromatic heterocycles. The Hall–Kier alpha value is -4.00. The Morgan fingerprint density at radius 3 is 2.65 bits per heavy atom. The summed E-state index contributed by atoms with van der Waals surface area (Å²) >= 11 is 0. The number of rotatable bonds is 4. The van der Waals surface area contributed by atoms with Crippen LogP contribution in [-0.2, 0) is 11.3 Å². The van der Waals surface area contributed by atoms with Gasteiger partial charge in [0, 0.05) is 12.2 Å². The number of methoxy groups -OCH3 is 1. The van der Waals surface area contributed by atoms with Crippen LogP contribution in [0.4, 0.5) is 5.69 Å². The fraction of sp³-hybridized carbons (Fsp3) is 0.167. The first-order valence-electron chi connectivity index (χ1n) is 9.87. The van der Waals surface area contributed by atoms with Crippen LogP contribution in [0.3, 0.4) is 0 Å². The van der Waals surface area contributed by atoms with E-state index >= 15 is 0 Å². The molecule has 1 amide bonds. The van der Waals surface area contributed by atoms with E-state index in [1.165, 1.54) is 7.11 Å². The van der Waals surface area contributed by atoms with Crippen molar-refractivity contribution in [2.45, 2.75) is 12.7 Å². The predicted molar refractivity (Wildman–Crippen MR) is 113 cm³/mol. The van der Waals surface area contributed by atoms with Crippen molar-refractivity contribution in [3.63, 3.8) is 0 Å². The molecular weight excluding hydrogens is 396 g/mol. The average molecular weight is 416 g/mol. The summed E-state index contributed by atoms with van der Waals surface area (Å²) in [4.78, 5) is 27.0. The molecule has 0 unspecified atom stereocenters. The third-order valence-electron chi connectivity index (χ3n) is 5.46. The van der Waals surface area contributed by atoms with Crippen molar-refractivity contribution < 1.29 is 23.8 Å². The lowest BCUT2D eigenvalue weighted by atomic mass is 10.0. The van der Waals surface area contributed by atoms with E-state index in [1.54, 1.807) is 17.0 Å². The van der Waals surface area contributed by atoms with Gasteiger partial charge in [0.15, 0.2) is 11.5 Å². The minimum absolute atomic E-state index is 0.0749. The van der Waals surface area contributed by atoms with Gasteiger partial charge in [0.25, 0.3) is 5.91 Å². The van der Waals surface area contributed by atoms with Crippen LogP contribution in [0.5, 0.6) is 11.5 Å². The maximum Gasteiger partial charge on any atom is 0.337 e. The summed E-state index contributed by atoms with van der Waals surface area (Å²) in [5.41, 5.74) is 3.63. The quantitative estimate of drug-likeness (QED) is 0.649. The molecule has 7 heteroatoms. The Morgan fingerprint density at radius 1 is 1.06 bits per heavy atom. The number of nitrogens with zero attached hydrogens (tertiary/aromatic N) is 1. The monoisotopic (exact) mass is 416 g/mol. The summed E-state index contributed by atoms with van der Waals surface area (Å²) in [6.07, 6.45) is -0.403. The van der Waals surface area contributed by atoms with Crippen molar-refractivity contribution in [1.82, 2.24) is 4.90 Å². The fourth-order valence-corrected chi connectivity index (χ4v) is 3.87. The van der Waals surface area contributed by atoms with Gasteiger partial charge in [0.1, 0.15) is 6.17 Å². The molecule has 0 aliphatic carbocycles. The average Bonchev–Trinajstić information content (AvgIpc) is 3.28. The molecule has 0 bridgehead atoms. The first kappa shape index (κ1) is 19.0. The van der Waals surface area contributed by atoms with E-state index in [0.717, 1.165) is 16.8 Å². The van der Waals surface area contributed by atoms with Gasteiger partial charge in [-0.1, -0.05) is 30.3 Å². The molecule has 2 heterocycles. The zero-order chi connectivity index (χ0) is 21.4. The molecule has 156 valence electrons. The number of para-hydroxylation sites is 1. The summed E-state index contributed by atoms with van der Waals surface area (Å²) in [5.74, 6) is 0.900. The van der Waals surface area contributed by atoms with Crippen molar-refractivity contribution in [2.24, 2.45) is 0 Å². The van der Waals surface area contributed by atoms with Crippen molar-refractivity contribution in [2.75, 3.05) is 19.2 Å². The smallest absolute Gasteiger partial charge is 0.337 e. The van der Waals surface area contributed by atoms with E-state index in [0.29, 0.717) is 29.2 Å². The number of benzene rings is 3. The number of fused-ring (bicyclic) bond motifs is 2. The van der Waals surface area contributed by atoms with Gasteiger partial charge in [-0.05, 0) is 47.5 Å². The summed E-state index contributed by atoms with van der Waals surface area (Å²) in [7, 11) is 1.35. The van der Waals surface area contributed by atoms with Crippen molar-refractivity contribution in [3.05, 3.63) is 89.0 Å². The normalized spacial score (nSPS) is 16.5. The Kier molecular flexibility index (Phi) is 4.71. The van der Waals surface area contributed by atoms with Crippen LogP contribution in [-0.4, -0.2) is 30.7 Å². The number of amides is 1. The largest absolute Gasteiger partial charge is 0.465 e. The molecule has 31 heavy (non-hydrogen) atoms. The van der Waals surface area contributed by atoms with Crippen molar-refractivity contribution in [1.29, 1.82) is 0 Å². The maximum atomic E-state index is 13.4. The summed E-state index contributed by atoms with van der Waals surface area (Å²) in [6.45, 7) is 0.575. The highest BCUT2D eigenvalue weighted by Crippen LogP contribution is 2.37. The Morgan fingerprint density at radius 2 is 1.84 bits per heavy atom. The first-order valence-corrected chi connectivity index (χ1v) is 9.87. The Labute approximate surface area is 179 Å². The predicted octanol–water partition coefficient (Wildman–Crippen LogP) is 3.97. The van der Waals surface area contributed by atoms with Gasteiger partial charge in [0.05, 0.1) is 18.2 Å². The molecule has 2 aliphatic heterocycles. The lowest BCUT2D eigenvalue weighted by Gasteiger charge is -2.38. The van der Waals surface area contributed by atoms with Crippen molar-refractivity contribution in [3.8, 4) is 11.5 Å². The summed E-state index contributed by atoms with van der Waals surface area (Å²) < 4.78 is 15.7. The molecule has 0 saturated carbocycles. The first-order chi connectivity index (χ1) is 15.1. The minimum Gasteiger partial charge on any atom is -0.465 e. The number of anilines is 1. The molecule has 0 fully saturated rings. The van der Waals surface area contributed by atoms with Crippen LogP contribution in [0.2, 0.25) is 0 Å². The lowest BCUT2D eigenvalue weighted by molar-refractivity contribution is 0.0598. The van der Waals surface area contributed by atoms with Crippen molar-refractivity contribution >= 4 is 17.6 Å². The van der Waals surface area contributed by atoms with E-state index in [4.69, 9.17) is 14.2 Å². The molecular formula is C24H20N2O5. The lowest BCUT2D eigenvalue weighted by Crippen LogP contribution is -2.42. The van der Waals surface area contributed by atoms with E-state index in [9.17, 15) is 9.59 Å². The second kappa shape index (κ2) is 7.68. The standard InChI is InChI=1S/C24H20N2O5/c1-29-24(28)17-9-7-16(8-10-17)22-25-19-5-3-2-4-18(19)23(27)26(22)13-15-6-11-20-21(12-15)31-14-30-20/h2-12,22,25H,13-14H2,1H3/t22-/m0/s1. The number of nitrogens with one attached hydrogen (secondary N) is 1. The second-order valence-electron chi connectivity index (χ2n) is 7.33. The van der Waals surface area contributed by atoms with Gasteiger partial charge in [-0.2, -0.15) is 0 Å². The number of carbonyl (C=O) groups is 2. The van der Waals surface area contributed by atoms with E-state index in [2.05, 4.69) is 5.32 Å². The fourth-order valence-electron chi connectivity index (χ4n) is 3.87. The number of esters is 1. The Balaban J connectivity index is 1.51. The van der Waals surface area contributed by atoms with Gasteiger partial charge in [-0.3, -0.25) is 4.79 Å². The van der Waals surface area contributed by atoms with Gasteiger partial charge in [-0.25, -0.2) is 4.79 Å². The van der Waals surface area contributed by atoms with Crippen LogP contribution >= 0.6 is 0 Å². The van der Waals surface area contributed by atoms with E-state index in [-0.39, 0.29) is 12.7 Å². The van der Waals surface area contributed by atoms with Crippen LogP contribution < -0.4 is 14.8 Å². The number of hydrogen-bond acceptors (Lipinski definition) is 6. The SMILES string of the molecule is COC(=O)c1ccc([C@H]2Nc3ccccc3C(=O)N2Cc2ccc3c(c2)OCO3)cc1. The number of carbonyl (C=O) groups excluding carboxylic acids is 2. The molecule has 5 rings (SSSR count). The van der Waals surface area contributed by atoms with Crippen LogP contribution in [0, 0.1) is 0 Å². The van der Waals surface area contributed by atoms with Crippen LogP contribution in [0.1, 0.15) is 38.0 Å². The highest BCUT2D eigenvalue weighted by atomic mass is 16.7. The van der Waals surface area contributed by atoms with Gasteiger partial charge >= 0.3 is 5.97 Å². The van der Waals surface area contributed by atoms with E-state index < -0.39 is 12.1 Å². The molecule has 0 radical (unpaired) electrons. The molecule has 1 atom stereocenters. The summed E-state index contributed by atoms with van der Waals surface area (Å²) in [5, 5.41) is 3.46.